The highest BCUT2D eigenvalue weighted by Crippen LogP contribution is 2.56. The number of fused-ring (bicyclic) bond motifs is 1. The minimum absolute atomic E-state index is 0. The maximum atomic E-state index is 9.61. The number of rotatable bonds is 1. The van der Waals surface area contributed by atoms with Crippen molar-refractivity contribution in [2.45, 2.75) is 101 Å². The van der Waals surface area contributed by atoms with E-state index in [0.717, 1.165) is 12.8 Å². The van der Waals surface area contributed by atoms with E-state index in [0.29, 0.717) is 18.2 Å². The zero-order valence-corrected chi connectivity index (χ0v) is 23.1. The Hall–Kier alpha value is 1.96. The lowest BCUT2D eigenvalue weighted by Gasteiger charge is -2.24. The standard InChI is InChI=1S/C9H17ClNOP.C9H19NO.4H2S/c1-11-8-6-4-2-3-5-7-9(8)12-13(11)10;1-10-8-6-4-2-3-5-7-9(8)11;;;;/h8-9H,2-7H2,1H3;8-11H,2-7H2,1H3;4*1H2/t8-,9-,13?;8-,9-;;;;/m00..../s1. The Kier molecular flexibility index (Phi) is 24.2. The first-order chi connectivity index (χ1) is 11.6. The van der Waals surface area contributed by atoms with Gasteiger partial charge in [-0.25, -0.2) is 4.67 Å². The summed E-state index contributed by atoms with van der Waals surface area (Å²) < 4.78 is 8.01. The molecule has 0 radical (unpaired) electrons. The van der Waals surface area contributed by atoms with E-state index in [1.807, 2.05) is 7.05 Å². The maximum absolute atomic E-state index is 9.61. The quantitative estimate of drug-likeness (QED) is 0.469. The monoisotopic (exact) mass is 514 g/mol. The van der Waals surface area contributed by atoms with Crippen LogP contribution >= 0.6 is 72.9 Å². The molecule has 0 aromatic rings. The highest BCUT2D eigenvalue weighted by Gasteiger charge is 2.39. The molecule has 1 saturated heterocycles. The van der Waals surface area contributed by atoms with Gasteiger partial charge in [0.25, 0.3) is 0 Å². The normalized spacial score (nSPS) is 33.2. The molecule has 3 rings (SSSR count). The molecule has 3 fully saturated rings. The van der Waals surface area contributed by atoms with Crippen LogP contribution in [0.3, 0.4) is 0 Å². The number of nitrogens with one attached hydrogen (secondary N) is 1. The van der Waals surface area contributed by atoms with Crippen molar-refractivity contribution in [2.24, 2.45) is 0 Å². The van der Waals surface area contributed by atoms with Gasteiger partial charge in [-0.3, -0.25) is 0 Å². The first-order valence-corrected chi connectivity index (χ1v) is 12.0. The van der Waals surface area contributed by atoms with Crippen LogP contribution in [0.25, 0.3) is 0 Å². The van der Waals surface area contributed by atoms with Crippen molar-refractivity contribution in [3.8, 4) is 0 Å². The minimum Gasteiger partial charge on any atom is -0.392 e. The van der Waals surface area contributed by atoms with E-state index in [-0.39, 0.29) is 60.1 Å². The summed E-state index contributed by atoms with van der Waals surface area (Å²) in [6.07, 6.45) is 15.4. The van der Waals surface area contributed by atoms with Crippen LogP contribution in [0.5, 0.6) is 0 Å². The Labute approximate surface area is 207 Å². The van der Waals surface area contributed by atoms with Crippen LogP contribution in [-0.4, -0.2) is 48.2 Å². The summed E-state index contributed by atoms with van der Waals surface area (Å²) in [6, 6.07) is 0.944. The van der Waals surface area contributed by atoms with Crippen LogP contribution in [0.1, 0.15) is 77.0 Å². The minimum atomic E-state index is -0.795. The molecule has 2 saturated carbocycles. The third kappa shape index (κ3) is 11.5. The first kappa shape index (κ1) is 34.6. The summed E-state index contributed by atoms with van der Waals surface area (Å²) in [6.45, 7) is 0. The lowest BCUT2D eigenvalue weighted by atomic mass is 9.94. The van der Waals surface area contributed by atoms with Crippen molar-refractivity contribution in [2.75, 3.05) is 14.1 Å². The summed E-state index contributed by atoms with van der Waals surface area (Å²) >= 11 is 6.11. The average molecular weight is 515 g/mol. The zero-order valence-electron chi connectivity index (χ0n) is 17.4. The third-order valence-electron chi connectivity index (χ3n) is 5.72. The summed E-state index contributed by atoms with van der Waals surface area (Å²) in [5, 5.41) is 12.8. The third-order valence-corrected chi connectivity index (χ3v) is 7.91. The lowest BCUT2D eigenvalue weighted by Crippen LogP contribution is -2.38. The second-order valence-electron chi connectivity index (χ2n) is 7.46. The Morgan fingerprint density at radius 3 is 1.93 bits per heavy atom. The molecule has 4 nitrogen and oxygen atoms in total. The molecule has 1 aliphatic heterocycles. The van der Waals surface area contributed by atoms with E-state index in [2.05, 4.69) is 17.0 Å². The fraction of sp³-hybridized carbons (Fsp3) is 1.00. The van der Waals surface area contributed by atoms with Gasteiger partial charge in [-0.15, -0.1) is 0 Å². The van der Waals surface area contributed by atoms with Crippen LogP contribution in [0.2, 0.25) is 0 Å². The van der Waals surface area contributed by atoms with Crippen molar-refractivity contribution in [1.82, 2.24) is 9.99 Å². The second-order valence-corrected chi connectivity index (χ2v) is 9.62. The van der Waals surface area contributed by atoms with Crippen LogP contribution in [-0.2, 0) is 4.52 Å². The van der Waals surface area contributed by atoms with Gasteiger partial charge < -0.3 is 14.9 Å². The maximum Gasteiger partial charge on any atom is 0.207 e. The van der Waals surface area contributed by atoms with Gasteiger partial charge in [-0.1, -0.05) is 51.4 Å². The second kappa shape index (κ2) is 19.6. The molecule has 0 amide bonds. The van der Waals surface area contributed by atoms with Gasteiger partial charge in [-0.2, -0.15) is 54.0 Å². The molecule has 0 aromatic carbocycles. The van der Waals surface area contributed by atoms with Gasteiger partial charge in [0.2, 0.25) is 7.65 Å². The summed E-state index contributed by atoms with van der Waals surface area (Å²) in [7, 11) is 3.25. The van der Waals surface area contributed by atoms with Crippen molar-refractivity contribution in [3.63, 3.8) is 0 Å². The number of hydrogen-bond acceptors (Lipinski definition) is 4. The molecule has 2 N–H and O–H groups in total. The van der Waals surface area contributed by atoms with Crippen molar-refractivity contribution in [3.05, 3.63) is 0 Å². The molecule has 2 aliphatic carbocycles. The topological polar surface area (TPSA) is 44.7 Å². The van der Waals surface area contributed by atoms with E-state index in [9.17, 15) is 5.11 Å². The molecule has 10 heteroatoms. The van der Waals surface area contributed by atoms with E-state index in [1.165, 1.54) is 64.2 Å². The summed E-state index contributed by atoms with van der Waals surface area (Å²) in [5.41, 5.74) is 0. The molecule has 5 atom stereocenters. The molecule has 0 aromatic heterocycles. The van der Waals surface area contributed by atoms with Gasteiger partial charge in [-0.05, 0) is 51.0 Å². The number of halogens is 1. The van der Waals surface area contributed by atoms with E-state index in [4.69, 9.17) is 15.8 Å². The first-order valence-electron chi connectivity index (χ1n) is 9.84. The van der Waals surface area contributed by atoms with Gasteiger partial charge >= 0.3 is 0 Å². The van der Waals surface area contributed by atoms with Gasteiger partial charge in [0.05, 0.1) is 12.2 Å². The summed E-state index contributed by atoms with van der Waals surface area (Å²) in [5.74, 6) is 0. The summed E-state index contributed by atoms with van der Waals surface area (Å²) in [4.78, 5) is 0. The fourth-order valence-electron chi connectivity index (χ4n) is 4.09. The van der Waals surface area contributed by atoms with Crippen molar-refractivity contribution >= 4 is 72.9 Å². The molecule has 0 bridgehead atoms. The van der Waals surface area contributed by atoms with E-state index in [1.54, 1.807) is 0 Å². The lowest BCUT2D eigenvalue weighted by molar-refractivity contribution is 0.107. The number of hydrogen-bond donors (Lipinski definition) is 2. The SMILES string of the molecule is CN1[C@H]2CCCCCC[C@@H]2OP1Cl.CN[C@H]1CCCCCC[C@@H]1O.S.S.S.S. The number of likely N-dealkylation sites (N-methyl/N-ethyl adjacent to an activating group) is 2. The largest absolute Gasteiger partial charge is 0.392 e. The molecule has 3 aliphatic rings. The van der Waals surface area contributed by atoms with Crippen LogP contribution in [0, 0.1) is 0 Å². The Balaban J connectivity index is -0.000000395. The number of nitrogens with zero attached hydrogens (tertiary/aromatic N) is 1. The molecule has 1 unspecified atom stereocenters. The van der Waals surface area contributed by atoms with Crippen LogP contribution in [0.4, 0.5) is 0 Å². The van der Waals surface area contributed by atoms with Gasteiger partial charge in [0.15, 0.2) is 0 Å². The Morgan fingerprint density at radius 2 is 1.36 bits per heavy atom. The van der Waals surface area contributed by atoms with Crippen molar-refractivity contribution in [1.29, 1.82) is 0 Å². The molecule has 1 heterocycles. The van der Waals surface area contributed by atoms with Crippen molar-refractivity contribution < 1.29 is 9.63 Å². The zero-order chi connectivity index (χ0) is 17.4. The van der Waals surface area contributed by atoms with E-state index >= 15 is 0 Å². The van der Waals surface area contributed by atoms with Gasteiger partial charge in [0, 0.05) is 12.1 Å². The molecule has 0 spiro atoms. The predicted molar refractivity (Wildman–Crippen MR) is 145 cm³/mol. The molecule has 174 valence electrons. The highest BCUT2D eigenvalue weighted by molar-refractivity contribution is 7.78. The Morgan fingerprint density at radius 1 is 0.857 bits per heavy atom. The van der Waals surface area contributed by atoms with E-state index < -0.39 is 7.65 Å². The fourth-order valence-corrected chi connectivity index (χ4v) is 5.84. The smallest absolute Gasteiger partial charge is 0.207 e. The number of aliphatic hydroxyl groups is 1. The van der Waals surface area contributed by atoms with Crippen LogP contribution < -0.4 is 5.32 Å². The van der Waals surface area contributed by atoms with Crippen LogP contribution in [0.15, 0.2) is 0 Å². The number of aliphatic hydroxyl groups excluding tert-OH is 1. The van der Waals surface area contributed by atoms with Gasteiger partial charge in [0.1, 0.15) is 0 Å². The molecule has 28 heavy (non-hydrogen) atoms. The highest BCUT2D eigenvalue weighted by atomic mass is 35.7. The predicted octanol–water partition coefficient (Wildman–Crippen LogP) is 5.25. The molecular formula is C18H44ClN2O2PS4. The average Bonchev–Trinajstić information content (AvgIpc) is 2.79. The Bertz CT molecular complexity index is 368. The molecular weight excluding hydrogens is 471 g/mol.